The minimum Gasteiger partial charge on any atom is -0.395 e. The Balaban J connectivity index is 1.72. The second-order valence-electron chi connectivity index (χ2n) is 7.18. The summed E-state index contributed by atoms with van der Waals surface area (Å²) in [6.07, 6.45) is 2.20. The zero-order chi connectivity index (χ0) is 18.1. The van der Waals surface area contributed by atoms with Crippen LogP contribution in [0.25, 0.3) is 11.0 Å². The molecule has 0 spiro atoms. The van der Waals surface area contributed by atoms with Crippen LogP contribution in [-0.2, 0) is 13.1 Å². The average Bonchev–Trinajstić information content (AvgIpc) is 3.22. The van der Waals surface area contributed by atoms with Crippen molar-refractivity contribution in [3.8, 4) is 0 Å². The van der Waals surface area contributed by atoms with Gasteiger partial charge in [-0.2, -0.15) is 0 Å². The summed E-state index contributed by atoms with van der Waals surface area (Å²) in [6.45, 7) is 4.89. The minimum atomic E-state index is 0.219. The van der Waals surface area contributed by atoms with Gasteiger partial charge in [-0.3, -0.25) is 4.90 Å². The first-order valence-corrected chi connectivity index (χ1v) is 9.57. The number of aliphatic hydroxyl groups is 1. The number of imidazole rings is 1. The molecule has 1 fully saturated rings. The van der Waals surface area contributed by atoms with Crippen LogP contribution in [0, 0.1) is 6.92 Å². The summed E-state index contributed by atoms with van der Waals surface area (Å²) in [7, 11) is 0. The Kier molecular flexibility index (Phi) is 4.98. The molecule has 1 unspecified atom stereocenters. The Bertz CT molecular complexity index is 904. The summed E-state index contributed by atoms with van der Waals surface area (Å²) >= 11 is 6.04. The van der Waals surface area contributed by atoms with Crippen molar-refractivity contribution in [1.82, 2.24) is 14.5 Å². The third kappa shape index (κ3) is 3.50. The molecule has 0 aliphatic carbocycles. The van der Waals surface area contributed by atoms with E-state index in [4.69, 9.17) is 16.6 Å². The number of fused-ring (bicyclic) bond motifs is 1. The predicted molar refractivity (Wildman–Crippen MR) is 106 cm³/mol. The summed E-state index contributed by atoms with van der Waals surface area (Å²) in [6, 6.07) is 14.7. The van der Waals surface area contributed by atoms with Crippen LogP contribution in [0.15, 0.2) is 42.5 Å². The molecule has 1 N–H and O–H groups in total. The van der Waals surface area contributed by atoms with E-state index in [0.717, 1.165) is 54.4 Å². The molecule has 1 aliphatic rings. The van der Waals surface area contributed by atoms with Crippen LogP contribution >= 0.6 is 11.6 Å². The number of halogens is 1. The van der Waals surface area contributed by atoms with Gasteiger partial charge in [0.1, 0.15) is 5.82 Å². The summed E-state index contributed by atoms with van der Waals surface area (Å²) in [5, 5.41) is 10.4. The number of benzene rings is 2. The molecule has 4 nitrogen and oxygen atoms in total. The molecule has 1 aromatic heterocycles. The van der Waals surface area contributed by atoms with Crippen molar-refractivity contribution in [2.45, 2.75) is 38.9 Å². The lowest BCUT2D eigenvalue weighted by atomic mass is 10.2. The van der Waals surface area contributed by atoms with Crippen molar-refractivity contribution in [2.24, 2.45) is 0 Å². The van der Waals surface area contributed by atoms with Gasteiger partial charge < -0.3 is 9.67 Å². The van der Waals surface area contributed by atoms with Crippen molar-refractivity contribution >= 4 is 22.6 Å². The summed E-state index contributed by atoms with van der Waals surface area (Å²) in [4.78, 5) is 7.27. The number of likely N-dealkylation sites (tertiary alicyclic amines) is 1. The molecule has 0 radical (unpaired) electrons. The van der Waals surface area contributed by atoms with Gasteiger partial charge in [-0.25, -0.2) is 4.98 Å². The van der Waals surface area contributed by atoms with E-state index < -0.39 is 0 Å². The normalized spacial score (nSPS) is 18.0. The van der Waals surface area contributed by atoms with Crippen LogP contribution < -0.4 is 0 Å². The third-order valence-electron chi connectivity index (χ3n) is 5.29. The van der Waals surface area contributed by atoms with Crippen LogP contribution in [0.3, 0.4) is 0 Å². The molecule has 0 amide bonds. The molecule has 4 rings (SSSR count). The van der Waals surface area contributed by atoms with Crippen molar-refractivity contribution < 1.29 is 5.11 Å². The Morgan fingerprint density at radius 3 is 2.73 bits per heavy atom. The van der Waals surface area contributed by atoms with Gasteiger partial charge in [0.25, 0.3) is 0 Å². The Morgan fingerprint density at radius 1 is 1.15 bits per heavy atom. The first-order chi connectivity index (χ1) is 12.6. The molecular weight excluding hydrogens is 346 g/mol. The fourth-order valence-corrected chi connectivity index (χ4v) is 3.97. The molecule has 5 heteroatoms. The van der Waals surface area contributed by atoms with E-state index in [1.165, 1.54) is 11.1 Å². The number of rotatable bonds is 5. The third-order valence-corrected chi connectivity index (χ3v) is 5.54. The zero-order valence-electron chi connectivity index (χ0n) is 15.0. The van der Waals surface area contributed by atoms with Gasteiger partial charge in [-0.05, 0) is 61.7 Å². The van der Waals surface area contributed by atoms with Crippen LogP contribution in [0.2, 0.25) is 5.02 Å². The molecule has 3 aromatic rings. The lowest BCUT2D eigenvalue weighted by Gasteiger charge is -2.22. The fraction of sp³-hybridized carbons (Fsp3) is 0.381. The zero-order valence-corrected chi connectivity index (χ0v) is 15.8. The second-order valence-corrected chi connectivity index (χ2v) is 7.62. The summed E-state index contributed by atoms with van der Waals surface area (Å²) < 4.78 is 2.30. The summed E-state index contributed by atoms with van der Waals surface area (Å²) in [5.41, 5.74) is 4.63. The Hall–Kier alpha value is -1.88. The molecule has 0 saturated carbocycles. The molecule has 2 aromatic carbocycles. The molecule has 0 bridgehead atoms. The van der Waals surface area contributed by atoms with Crippen molar-refractivity contribution in [3.05, 3.63) is 64.4 Å². The molecule has 1 atom stereocenters. The SMILES string of the molecule is Cc1ccc2nc(CN3CCCC3CO)n(Cc3ccc(Cl)cc3)c2c1. The molecule has 1 aliphatic heterocycles. The monoisotopic (exact) mass is 369 g/mol. The van der Waals surface area contributed by atoms with Gasteiger partial charge in [0.15, 0.2) is 0 Å². The summed E-state index contributed by atoms with van der Waals surface area (Å²) in [5.74, 6) is 1.06. The van der Waals surface area contributed by atoms with Gasteiger partial charge >= 0.3 is 0 Å². The largest absolute Gasteiger partial charge is 0.395 e. The van der Waals surface area contributed by atoms with E-state index >= 15 is 0 Å². The molecular formula is C21H24ClN3O. The van der Waals surface area contributed by atoms with Crippen LogP contribution in [-0.4, -0.2) is 38.8 Å². The van der Waals surface area contributed by atoms with E-state index in [-0.39, 0.29) is 12.6 Å². The van der Waals surface area contributed by atoms with Gasteiger partial charge in [0.2, 0.25) is 0 Å². The minimum absolute atomic E-state index is 0.219. The van der Waals surface area contributed by atoms with E-state index in [2.05, 4.69) is 46.7 Å². The number of nitrogens with zero attached hydrogens (tertiary/aromatic N) is 3. The topological polar surface area (TPSA) is 41.3 Å². The lowest BCUT2D eigenvalue weighted by Crippen LogP contribution is -2.32. The van der Waals surface area contributed by atoms with Crippen LogP contribution in [0.1, 0.15) is 29.8 Å². The maximum absolute atomic E-state index is 9.64. The molecule has 136 valence electrons. The highest BCUT2D eigenvalue weighted by Gasteiger charge is 2.25. The molecule has 26 heavy (non-hydrogen) atoms. The predicted octanol–water partition coefficient (Wildman–Crippen LogP) is 4.00. The highest BCUT2D eigenvalue weighted by Crippen LogP contribution is 2.24. The van der Waals surface area contributed by atoms with E-state index in [9.17, 15) is 5.11 Å². The number of aryl methyl sites for hydroxylation is 1. The first kappa shape index (κ1) is 17.5. The van der Waals surface area contributed by atoms with Gasteiger partial charge in [-0.15, -0.1) is 0 Å². The fourth-order valence-electron chi connectivity index (χ4n) is 3.84. The second kappa shape index (κ2) is 7.39. The standard InChI is InChI=1S/C21H24ClN3O/c1-15-4-9-19-20(11-15)25(12-16-5-7-17(22)8-6-16)21(23-19)13-24-10-2-3-18(24)14-26/h4-9,11,18,26H,2-3,10,12-14H2,1H3. The first-order valence-electron chi connectivity index (χ1n) is 9.19. The Labute approximate surface area is 159 Å². The van der Waals surface area contributed by atoms with Crippen molar-refractivity contribution in [2.75, 3.05) is 13.2 Å². The average molecular weight is 370 g/mol. The molecule has 2 heterocycles. The van der Waals surface area contributed by atoms with E-state index in [1.54, 1.807) is 0 Å². The van der Waals surface area contributed by atoms with E-state index in [0.29, 0.717) is 0 Å². The van der Waals surface area contributed by atoms with Gasteiger partial charge in [-0.1, -0.05) is 29.8 Å². The van der Waals surface area contributed by atoms with Crippen molar-refractivity contribution in [1.29, 1.82) is 0 Å². The van der Waals surface area contributed by atoms with Gasteiger partial charge in [0, 0.05) is 17.6 Å². The number of aliphatic hydroxyl groups excluding tert-OH is 1. The van der Waals surface area contributed by atoms with Crippen molar-refractivity contribution in [3.63, 3.8) is 0 Å². The van der Waals surface area contributed by atoms with Crippen LogP contribution in [0.5, 0.6) is 0 Å². The number of hydrogen-bond donors (Lipinski definition) is 1. The number of hydrogen-bond acceptors (Lipinski definition) is 3. The number of aromatic nitrogens is 2. The van der Waals surface area contributed by atoms with Crippen LogP contribution in [0.4, 0.5) is 0 Å². The quantitative estimate of drug-likeness (QED) is 0.739. The molecule has 1 saturated heterocycles. The maximum Gasteiger partial charge on any atom is 0.124 e. The Morgan fingerprint density at radius 2 is 1.96 bits per heavy atom. The van der Waals surface area contributed by atoms with E-state index in [1.807, 2.05) is 12.1 Å². The highest BCUT2D eigenvalue weighted by atomic mass is 35.5. The maximum atomic E-state index is 9.64. The van der Waals surface area contributed by atoms with Gasteiger partial charge in [0.05, 0.1) is 24.2 Å². The lowest BCUT2D eigenvalue weighted by molar-refractivity contribution is 0.150. The smallest absolute Gasteiger partial charge is 0.124 e. The highest BCUT2D eigenvalue weighted by molar-refractivity contribution is 6.30.